The molecule has 0 saturated carbocycles. The molecule has 0 bridgehead atoms. The maximum Gasteiger partial charge on any atom is 0.332 e. The predicted octanol–water partition coefficient (Wildman–Crippen LogP) is -0.198. The van der Waals surface area contributed by atoms with Crippen LogP contribution in [0.1, 0.15) is 25.6 Å². The van der Waals surface area contributed by atoms with Crippen LogP contribution in [0.2, 0.25) is 0 Å². The van der Waals surface area contributed by atoms with Gasteiger partial charge < -0.3 is 15.0 Å². The summed E-state index contributed by atoms with van der Waals surface area (Å²) in [5, 5.41) is 0. The largest absolute Gasteiger partial charge is 0.377 e. The summed E-state index contributed by atoms with van der Waals surface area (Å²) in [6, 6.07) is 0. The van der Waals surface area contributed by atoms with E-state index in [2.05, 4.69) is 4.98 Å². The molecule has 0 unspecified atom stereocenters. The third-order valence-electron chi connectivity index (χ3n) is 3.74. The molecule has 0 fully saturated rings. The third-order valence-corrected chi connectivity index (χ3v) is 3.74. The number of fused-ring (bicyclic) bond motifs is 1. The van der Waals surface area contributed by atoms with Gasteiger partial charge in [0.2, 0.25) is 0 Å². The van der Waals surface area contributed by atoms with Gasteiger partial charge in [-0.15, -0.1) is 0 Å². The standard InChI is InChI=1S/C14H23N5O3/c1-4-18-13(20)11-12(17(2)14(18)21)16-10(9-22-3)19(11)8-6-5-7-15/h4-9,15H2,1-3H3. The Balaban J connectivity index is 2.73. The summed E-state index contributed by atoms with van der Waals surface area (Å²) in [5.74, 6) is 0.649. The number of ether oxygens (including phenoxy) is 1. The number of hydrogen-bond donors (Lipinski definition) is 1. The highest BCUT2D eigenvalue weighted by Crippen LogP contribution is 2.13. The highest BCUT2D eigenvalue weighted by Gasteiger charge is 2.19. The molecule has 8 nitrogen and oxygen atoms in total. The number of methoxy groups -OCH3 is 1. The minimum Gasteiger partial charge on any atom is -0.377 e. The molecular weight excluding hydrogens is 286 g/mol. The van der Waals surface area contributed by atoms with Crippen LogP contribution in [-0.2, 0) is 31.5 Å². The lowest BCUT2D eigenvalue weighted by atomic mass is 10.3. The second-order valence-corrected chi connectivity index (χ2v) is 5.17. The molecule has 2 aromatic rings. The number of nitrogens with zero attached hydrogens (tertiary/aromatic N) is 4. The van der Waals surface area contributed by atoms with Gasteiger partial charge in [-0.25, -0.2) is 9.78 Å². The monoisotopic (exact) mass is 309 g/mol. The topological polar surface area (TPSA) is 97.1 Å². The molecule has 2 rings (SSSR count). The Labute approximate surface area is 128 Å². The van der Waals surface area contributed by atoms with E-state index in [-0.39, 0.29) is 17.9 Å². The number of rotatable bonds is 7. The van der Waals surface area contributed by atoms with E-state index in [1.807, 2.05) is 4.57 Å². The Kier molecular flexibility index (Phi) is 5.15. The Morgan fingerprint density at radius 3 is 2.55 bits per heavy atom. The lowest BCUT2D eigenvalue weighted by Crippen LogP contribution is -2.39. The first-order valence-electron chi connectivity index (χ1n) is 7.44. The number of imidazole rings is 1. The Morgan fingerprint density at radius 1 is 1.23 bits per heavy atom. The van der Waals surface area contributed by atoms with Crippen LogP contribution in [-0.4, -0.2) is 32.3 Å². The maximum atomic E-state index is 12.6. The molecule has 22 heavy (non-hydrogen) atoms. The number of aromatic nitrogens is 4. The molecule has 0 saturated heterocycles. The van der Waals surface area contributed by atoms with Crippen LogP contribution in [0.5, 0.6) is 0 Å². The van der Waals surface area contributed by atoms with Crippen molar-refractivity contribution in [2.45, 2.75) is 39.5 Å². The van der Waals surface area contributed by atoms with Gasteiger partial charge >= 0.3 is 5.69 Å². The Hall–Kier alpha value is -1.93. The average molecular weight is 309 g/mol. The van der Waals surface area contributed by atoms with Crippen LogP contribution in [0.25, 0.3) is 11.2 Å². The molecule has 0 spiro atoms. The Bertz CT molecular complexity index is 771. The van der Waals surface area contributed by atoms with E-state index in [0.29, 0.717) is 36.6 Å². The first-order valence-corrected chi connectivity index (χ1v) is 7.44. The summed E-state index contributed by atoms with van der Waals surface area (Å²) < 4.78 is 9.65. The molecule has 0 aromatic carbocycles. The minimum absolute atomic E-state index is 0.289. The normalized spacial score (nSPS) is 11.5. The quantitative estimate of drug-likeness (QED) is 0.715. The molecule has 2 N–H and O–H groups in total. The van der Waals surface area contributed by atoms with Crippen LogP contribution in [0.4, 0.5) is 0 Å². The van der Waals surface area contributed by atoms with Crippen molar-refractivity contribution in [3.63, 3.8) is 0 Å². The number of aryl methyl sites for hydroxylation is 2. The van der Waals surface area contributed by atoms with Crippen molar-refractivity contribution in [1.82, 2.24) is 18.7 Å². The van der Waals surface area contributed by atoms with Crippen molar-refractivity contribution in [1.29, 1.82) is 0 Å². The van der Waals surface area contributed by atoms with E-state index in [0.717, 1.165) is 12.8 Å². The van der Waals surface area contributed by atoms with Gasteiger partial charge in [-0.3, -0.25) is 13.9 Å². The van der Waals surface area contributed by atoms with E-state index in [4.69, 9.17) is 10.5 Å². The fraction of sp³-hybridized carbons (Fsp3) is 0.643. The lowest BCUT2D eigenvalue weighted by molar-refractivity contribution is 0.174. The van der Waals surface area contributed by atoms with E-state index in [1.165, 1.54) is 9.13 Å². The van der Waals surface area contributed by atoms with E-state index >= 15 is 0 Å². The molecule has 2 heterocycles. The second-order valence-electron chi connectivity index (χ2n) is 5.17. The molecule has 0 radical (unpaired) electrons. The molecule has 0 amide bonds. The maximum absolute atomic E-state index is 12.6. The molecule has 0 atom stereocenters. The summed E-state index contributed by atoms with van der Waals surface area (Å²) in [4.78, 5) is 29.3. The SMILES string of the molecule is CCn1c(=O)c2c(nc(COC)n2CCCCN)n(C)c1=O. The zero-order chi connectivity index (χ0) is 16.3. The van der Waals surface area contributed by atoms with Crippen molar-refractivity contribution < 1.29 is 4.74 Å². The second kappa shape index (κ2) is 6.89. The third kappa shape index (κ3) is 2.71. The van der Waals surface area contributed by atoms with Gasteiger partial charge in [0.15, 0.2) is 11.2 Å². The van der Waals surface area contributed by atoms with Crippen molar-refractivity contribution in [2.24, 2.45) is 12.8 Å². The first-order chi connectivity index (χ1) is 10.6. The molecule has 122 valence electrons. The van der Waals surface area contributed by atoms with E-state index in [1.54, 1.807) is 21.1 Å². The molecular formula is C14H23N5O3. The van der Waals surface area contributed by atoms with Crippen molar-refractivity contribution in [2.75, 3.05) is 13.7 Å². The number of hydrogen-bond acceptors (Lipinski definition) is 5. The van der Waals surface area contributed by atoms with Gasteiger partial charge in [-0.1, -0.05) is 0 Å². The van der Waals surface area contributed by atoms with Gasteiger partial charge in [0.25, 0.3) is 5.56 Å². The van der Waals surface area contributed by atoms with Crippen molar-refractivity contribution in [3.8, 4) is 0 Å². The molecule has 8 heteroatoms. The number of nitrogens with two attached hydrogens (primary N) is 1. The minimum atomic E-state index is -0.351. The van der Waals surface area contributed by atoms with Crippen LogP contribution in [0.15, 0.2) is 9.59 Å². The fourth-order valence-electron chi connectivity index (χ4n) is 2.59. The Morgan fingerprint density at radius 2 is 1.95 bits per heavy atom. The van der Waals surface area contributed by atoms with Gasteiger partial charge in [0.05, 0.1) is 0 Å². The van der Waals surface area contributed by atoms with Gasteiger partial charge in [-0.2, -0.15) is 0 Å². The number of unbranched alkanes of at least 4 members (excludes halogenated alkanes) is 1. The van der Waals surface area contributed by atoms with Gasteiger partial charge in [0, 0.05) is 27.2 Å². The van der Waals surface area contributed by atoms with E-state index < -0.39 is 0 Å². The highest BCUT2D eigenvalue weighted by molar-refractivity contribution is 5.71. The fourth-order valence-corrected chi connectivity index (χ4v) is 2.59. The van der Waals surface area contributed by atoms with Crippen molar-refractivity contribution in [3.05, 3.63) is 26.7 Å². The van der Waals surface area contributed by atoms with E-state index in [9.17, 15) is 9.59 Å². The van der Waals surface area contributed by atoms with Crippen molar-refractivity contribution >= 4 is 11.2 Å². The summed E-state index contributed by atoms with van der Waals surface area (Å²) >= 11 is 0. The average Bonchev–Trinajstić information content (AvgIpc) is 2.85. The van der Waals surface area contributed by atoms with Crippen LogP contribution in [0.3, 0.4) is 0 Å². The summed E-state index contributed by atoms with van der Waals surface area (Å²) in [6.45, 7) is 3.62. The molecule has 2 aromatic heterocycles. The highest BCUT2D eigenvalue weighted by atomic mass is 16.5. The first kappa shape index (κ1) is 16.4. The summed E-state index contributed by atoms with van der Waals surface area (Å²) in [5.41, 5.74) is 5.74. The summed E-state index contributed by atoms with van der Waals surface area (Å²) in [7, 11) is 3.21. The predicted molar refractivity (Wildman–Crippen MR) is 83.9 cm³/mol. The van der Waals surface area contributed by atoms with Gasteiger partial charge in [-0.05, 0) is 26.3 Å². The van der Waals surface area contributed by atoms with Crippen LogP contribution in [0, 0.1) is 0 Å². The molecule has 0 aliphatic rings. The smallest absolute Gasteiger partial charge is 0.332 e. The van der Waals surface area contributed by atoms with Crippen LogP contribution >= 0.6 is 0 Å². The molecule has 0 aliphatic heterocycles. The summed E-state index contributed by atoms with van der Waals surface area (Å²) in [6.07, 6.45) is 1.70. The van der Waals surface area contributed by atoms with Crippen LogP contribution < -0.4 is 17.0 Å². The lowest BCUT2D eigenvalue weighted by Gasteiger charge is -2.09. The van der Waals surface area contributed by atoms with Gasteiger partial charge in [0.1, 0.15) is 12.4 Å². The molecule has 0 aliphatic carbocycles. The zero-order valence-corrected chi connectivity index (χ0v) is 13.3. The zero-order valence-electron chi connectivity index (χ0n) is 13.3.